The molecule has 31 heavy (non-hydrogen) atoms. The molecule has 7 heteroatoms. The second-order valence-corrected chi connectivity index (χ2v) is 9.09. The van der Waals surface area contributed by atoms with Gasteiger partial charge in [-0.3, -0.25) is 4.79 Å². The largest absolute Gasteiger partial charge is 0.368 e. The van der Waals surface area contributed by atoms with Crippen LogP contribution in [0.1, 0.15) is 12.8 Å². The van der Waals surface area contributed by atoms with Crippen molar-refractivity contribution in [2.75, 3.05) is 50.4 Å². The zero-order chi connectivity index (χ0) is 21.2. The van der Waals surface area contributed by atoms with Crippen LogP contribution in [0, 0.1) is 5.92 Å². The van der Waals surface area contributed by atoms with Crippen molar-refractivity contribution in [3.8, 4) is 5.69 Å². The van der Waals surface area contributed by atoms with Gasteiger partial charge in [-0.2, -0.15) is 5.10 Å². The van der Waals surface area contributed by atoms with E-state index in [0.717, 1.165) is 68.3 Å². The standard InChI is InChI=1S/C24H29N5OS/c1-31-23-21-8-7-20(17-22(21)29(26-23)19-5-3-2-4-6-19)27-13-15-28(16-14-27)24(30)18-9-11-25-12-10-18/h2-8,17-18,25H,9-16H2,1H3. The number of thioether (sulfide) groups is 1. The lowest BCUT2D eigenvalue weighted by Gasteiger charge is -2.38. The number of piperazine rings is 1. The molecular weight excluding hydrogens is 406 g/mol. The predicted molar refractivity (Wildman–Crippen MR) is 127 cm³/mol. The van der Waals surface area contributed by atoms with Crippen LogP contribution >= 0.6 is 11.8 Å². The second kappa shape index (κ2) is 8.93. The summed E-state index contributed by atoms with van der Waals surface area (Å²) in [5.74, 6) is 0.553. The van der Waals surface area contributed by atoms with E-state index in [2.05, 4.69) is 51.7 Å². The maximum absolute atomic E-state index is 12.9. The SMILES string of the molecule is CSc1nn(-c2ccccc2)c2cc(N3CCN(C(=O)C4CCNCC4)CC3)ccc12. The molecule has 0 spiro atoms. The van der Waals surface area contributed by atoms with E-state index in [1.807, 2.05) is 22.9 Å². The minimum absolute atomic E-state index is 0.203. The Bertz CT molecular complexity index is 1050. The van der Waals surface area contributed by atoms with Gasteiger partial charge in [-0.25, -0.2) is 4.68 Å². The molecule has 1 aromatic heterocycles. The van der Waals surface area contributed by atoms with Crippen molar-refractivity contribution in [3.05, 3.63) is 48.5 Å². The molecule has 0 atom stereocenters. The number of para-hydroxylation sites is 1. The van der Waals surface area contributed by atoms with E-state index in [4.69, 9.17) is 5.10 Å². The lowest BCUT2D eigenvalue weighted by atomic mass is 9.96. The van der Waals surface area contributed by atoms with E-state index in [0.29, 0.717) is 5.91 Å². The van der Waals surface area contributed by atoms with Crippen molar-refractivity contribution in [2.24, 2.45) is 5.92 Å². The van der Waals surface area contributed by atoms with Crippen LogP contribution < -0.4 is 10.2 Å². The van der Waals surface area contributed by atoms with E-state index in [9.17, 15) is 4.79 Å². The van der Waals surface area contributed by atoms with Gasteiger partial charge in [-0.05, 0) is 62.5 Å². The summed E-state index contributed by atoms with van der Waals surface area (Å²) >= 11 is 1.68. The molecule has 3 heterocycles. The molecule has 3 aromatic rings. The highest BCUT2D eigenvalue weighted by molar-refractivity contribution is 7.98. The average molecular weight is 436 g/mol. The quantitative estimate of drug-likeness (QED) is 0.637. The molecular formula is C24H29N5OS. The molecule has 2 aromatic carbocycles. The van der Waals surface area contributed by atoms with Crippen molar-refractivity contribution in [1.82, 2.24) is 20.0 Å². The van der Waals surface area contributed by atoms with Gasteiger partial charge < -0.3 is 15.1 Å². The number of rotatable bonds is 4. The van der Waals surface area contributed by atoms with Gasteiger partial charge in [0.15, 0.2) is 0 Å². The molecule has 162 valence electrons. The first kappa shape index (κ1) is 20.4. The normalized spacial score (nSPS) is 18.0. The Morgan fingerprint density at radius 2 is 1.74 bits per heavy atom. The summed E-state index contributed by atoms with van der Waals surface area (Å²) in [5, 5.41) is 10.4. The van der Waals surface area contributed by atoms with E-state index < -0.39 is 0 Å². The van der Waals surface area contributed by atoms with Crippen molar-refractivity contribution in [3.63, 3.8) is 0 Å². The maximum atomic E-state index is 12.9. The number of fused-ring (bicyclic) bond motifs is 1. The fourth-order valence-corrected chi connectivity index (χ4v) is 5.26. The lowest BCUT2D eigenvalue weighted by Crippen LogP contribution is -2.51. The average Bonchev–Trinajstić information content (AvgIpc) is 3.23. The first-order valence-corrected chi connectivity index (χ1v) is 12.3. The Balaban J connectivity index is 1.36. The van der Waals surface area contributed by atoms with Crippen molar-refractivity contribution < 1.29 is 4.79 Å². The molecule has 1 N–H and O–H groups in total. The third-order valence-corrected chi connectivity index (χ3v) is 7.16. The topological polar surface area (TPSA) is 53.4 Å². The van der Waals surface area contributed by atoms with Gasteiger partial charge in [0, 0.05) is 43.2 Å². The molecule has 0 saturated carbocycles. The molecule has 0 unspecified atom stereocenters. The number of hydrogen-bond acceptors (Lipinski definition) is 5. The summed E-state index contributed by atoms with van der Waals surface area (Å²) < 4.78 is 2.04. The fourth-order valence-electron chi connectivity index (χ4n) is 4.70. The first-order chi connectivity index (χ1) is 15.2. The number of aromatic nitrogens is 2. The summed E-state index contributed by atoms with van der Waals surface area (Å²) in [4.78, 5) is 17.3. The first-order valence-electron chi connectivity index (χ1n) is 11.1. The Labute approximate surface area is 187 Å². The number of nitrogens with one attached hydrogen (secondary N) is 1. The van der Waals surface area contributed by atoms with Crippen LogP contribution in [0.15, 0.2) is 53.6 Å². The summed E-state index contributed by atoms with van der Waals surface area (Å²) in [5.41, 5.74) is 3.40. The molecule has 2 aliphatic heterocycles. The van der Waals surface area contributed by atoms with Crippen molar-refractivity contribution >= 4 is 34.3 Å². The molecule has 0 bridgehead atoms. The monoisotopic (exact) mass is 435 g/mol. The molecule has 2 saturated heterocycles. The van der Waals surface area contributed by atoms with Crippen LogP contribution in [0.3, 0.4) is 0 Å². The molecule has 2 fully saturated rings. The molecule has 5 rings (SSSR count). The minimum atomic E-state index is 0.203. The Hall–Kier alpha value is -2.51. The fraction of sp³-hybridized carbons (Fsp3) is 0.417. The van der Waals surface area contributed by atoms with Crippen LogP contribution in [-0.2, 0) is 4.79 Å². The summed E-state index contributed by atoms with van der Waals surface area (Å²) in [7, 11) is 0. The molecule has 2 aliphatic rings. The number of hydrogen-bond donors (Lipinski definition) is 1. The summed E-state index contributed by atoms with van der Waals surface area (Å²) in [6, 6.07) is 16.9. The van der Waals surface area contributed by atoms with Gasteiger partial charge in [0.1, 0.15) is 5.03 Å². The zero-order valence-electron chi connectivity index (χ0n) is 18.0. The molecule has 1 amide bonds. The third-order valence-electron chi connectivity index (χ3n) is 6.47. The smallest absolute Gasteiger partial charge is 0.225 e. The predicted octanol–water partition coefficient (Wildman–Crippen LogP) is 3.40. The van der Waals surface area contributed by atoms with E-state index in [1.165, 1.54) is 11.1 Å². The molecule has 6 nitrogen and oxygen atoms in total. The number of amides is 1. The van der Waals surface area contributed by atoms with Gasteiger partial charge >= 0.3 is 0 Å². The summed E-state index contributed by atoms with van der Waals surface area (Å²) in [6.45, 7) is 5.27. The number of benzene rings is 2. The van der Waals surface area contributed by atoms with Crippen molar-refractivity contribution in [1.29, 1.82) is 0 Å². The minimum Gasteiger partial charge on any atom is -0.368 e. The highest BCUT2D eigenvalue weighted by Crippen LogP contribution is 2.31. The third kappa shape index (κ3) is 4.04. The van der Waals surface area contributed by atoms with Gasteiger partial charge in [-0.1, -0.05) is 18.2 Å². The van der Waals surface area contributed by atoms with E-state index in [1.54, 1.807) is 11.8 Å². The Kier molecular flexibility index (Phi) is 5.87. The number of nitrogens with zero attached hydrogens (tertiary/aromatic N) is 4. The van der Waals surface area contributed by atoms with E-state index in [-0.39, 0.29) is 5.92 Å². The van der Waals surface area contributed by atoms with Crippen molar-refractivity contribution in [2.45, 2.75) is 17.9 Å². The van der Waals surface area contributed by atoms with Crippen LogP contribution in [0.5, 0.6) is 0 Å². The Morgan fingerprint density at radius 1 is 1.00 bits per heavy atom. The van der Waals surface area contributed by atoms with Gasteiger partial charge in [-0.15, -0.1) is 11.8 Å². The van der Waals surface area contributed by atoms with Gasteiger partial charge in [0.2, 0.25) is 5.91 Å². The lowest BCUT2D eigenvalue weighted by molar-refractivity contribution is -0.136. The van der Waals surface area contributed by atoms with Crippen LogP contribution in [0.4, 0.5) is 5.69 Å². The van der Waals surface area contributed by atoms with Gasteiger partial charge in [0.25, 0.3) is 0 Å². The zero-order valence-corrected chi connectivity index (χ0v) is 18.8. The second-order valence-electron chi connectivity index (χ2n) is 8.29. The Morgan fingerprint density at radius 3 is 2.45 bits per heavy atom. The summed E-state index contributed by atoms with van der Waals surface area (Å²) in [6.07, 6.45) is 4.01. The number of carbonyl (C=O) groups excluding carboxylic acids is 1. The number of piperidine rings is 1. The van der Waals surface area contributed by atoms with Crippen LogP contribution in [0.25, 0.3) is 16.6 Å². The molecule has 0 aliphatic carbocycles. The molecule has 0 radical (unpaired) electrons. The highest BCUT2D eigenvalue weighted by atomic mass is 32.2. The highest BCUT2D eigenvalue weighted by Gasteiger charge is 2.28. The number of carbonyl (C=O) groups is 1. The maximum Gasteiger partial charge on any atom is 0.225 e. The van der Waals surface area contributed by atoms with Crippen LogP contribution in [-0.4, -0.2) is 66.1 Å². The van der Waals surface area contributed by atoms with E-state index >= 15 is 0 Å². The van der Waals surface area contributed by atoms with Crippen LogP contribution in [0.2, 0.25) is 0 Å². The van der Waals surface area contributed by atoms with Gasteiger partial charge in [0.05, 0.1) is 11.2 Å². The number of anilines is 1.